The van der Waals surface area contributed by atoms with Crippen molar-refractivity contribution in [3.63, 3.8) is 0 Å². The summed E-state index contributed by atoms with van der Waals surface area (Å²) in [5.41, 5.74) is 0. The number of rotatable bonds is 4. The standard InChI is InChI=1S/C12H18N2S2/c1-8(2)11(10-4-3-7-16-10)14-12(15)13-9-5-6-9/h3-4,7-9,11H,5-6H2,1-2H3,(H2,13,14,15). The molecule has 1 aliphatic rings. The summed E-state index contributed by atoms with van der Waals surface area (Å²) in [6.45, 7) is 4.44. The molecule has 1 unspecified atom stereocenters. The second kappa shape index (κ2) is 5.15. The van der Waals surface area contributed by atoms with Crippen LogP contribution in [0, 0.1) is 5.92 Å². The van der Waals surface area contributed by atoms with E-state index in [2.05, 4.69) is 42.0 Å². The molecule has 1 aromatic rings. The van der Waals surface area contributed by atoms with E-state index in [4.69, 9.17) is 12.2 Å². The third kappa shape index (κ3) is 3.19. The van der Waals surface area contributed by atoms with Crippen molar-refractivity contribution in [2.24, 2.45) is 5.92 Å². The van der Waals surface area contributed by atoms with E-state index in [1.807, 2.05) is 0 Å². The largest absolute Gasteiger partial charge is 0.360 e. The van der Waals surface area contributed by atoms with E-state index in [1.165, 1.54) is 17.7 Å². The van der Waals surface area contributed by atoms with Crippen LogP contribution < -0.4 is 10.6 Å². The van der Waals surface area contributed by atoms with Gasteiger partial charge >= 0.3 is 0 Å². The molecule has 88 valence electrons. The Morgan fingerprint density at radius 3 is 2.75 bits per heavy atom. The van der Waals surface area contributed by atoms with Crippen LogP contribution in [0.25, 0.3) is 0 Å². The highest BCUT2D eigenvalue weighted by Crippen LogP contribution is 2.26. The van der Waals surface area contributed by atoms with E-state index in [1.54, 1.807) is 11.3 Å². The van der Waals surface area contributed by atoms with Gasteiger partial charge in [0, 0.05) is 10.9 Å². The van der Waals surface area contributed by atoms with Gasteiger partial charge in [-0.15, -0.1) is 11.3 Å². The highest BCUT2D eigenvalue weighted by molar-refractivity contribution is 7.80. The summed E-state index contributed by atoms with van der Waals surface area (Å²) in [5.74, 6) is 0.539. The molecule has 4 heteroatoms. The van der Waals surface area contributed by atoms with Crippen LogP contribution in [0.15, 0.2) is 17.5 Å². The highest BCUT2D eigenvalue weighted by Gasteiger charge is 2.24. The van der Waals surface area contributed by atoms with E-state index >= 15 is 0 Å². The maximum absolute atomic E-state index is 5.32. The average Bonchev–Trinajstić information content (AvgIpc) is 2.87. The molecule has 16 heavy (non-hydrogen) atoms. The average molecular weight is 254 g/mol. The maximum atomic E-state index is 5.32. The monoisotopic (exact) mass is 254 g/mol. The summed E-state index contributed by atoms with van der Waals surface area (Å²) in [7, 11) is 0. The Labute approximate surface area is 106 Å². The molecule has 1 atom stereocenters. The van der Waals surface area contributed by atoms with Gasteiger partial charge in [-0.25, -0.2) is 0 Å². The summed E-state index contributed by atoms with van der Waals surface area (Å²) >= 11 is 7.11. The number of thiocarbonyl (C=S) groups is 1. The Bertz CT molecular complexity index is 342. The number of hydrogen-bond donors (Lipinski definition) is 2. The normalized spacial score (nSPS) is 17.2. The van der Waals surface area contributed by atoms with Crippen LogP contribution in [0.2, 0.25) is 0 Å². The Balaban J connectivity index is 1.94. The molecule has 0 saturated heterocycles. The van der Waals surface area contributed by atoms with E-state index in [0.717, 1.165) is 5.11 Å². The Kier molecular flexibility index (Phi) is 3.82. The van der Waals surface area contributed by atoms with Crippen LogP contribution in [-0.4, -0.2) is 11.2 Å². The molecule has 2 nitrogen and oxygen atoms in total. The van der Waals surface area contributed by atoms with E-state index in [9.17, 15) is 0 Å². The van der Waals surface area contributed by atoms with Gasteiger partial charge in [-0.1, -0.05) is 19.9 Å². The minimum Gasteiger partial charge on any atom is -0.360 e. The van der Waals surface area contributed by atoms with Crippen molar-refractivity contribution >= 4 is 28.7 Å². The molecule has 2 rings (SSSR count). The Hall–Kier alpha value is -0.610. The first-order valence-electron chi connectivity index (χ1n) is 5.77. The number of thiophene rings is 1. The minimum atomic E-state index is 0.332. The molecule has 0 radical (unpaired) electrons. The number of nitrogens with one attached hydrogen (secondary N) is 2. The molecule has 0 spiro atoms. The fraction of sp³-hybridized carbons (Fsp3) is 0.583. The summed E-state index contributed by atoms with van der Waals surface area (Å²) < 4.78 is 0. The lowest BCUT2D eigenvalue weighted by Crippen LogP contribution is -2.40. The van der Waals surface area contributed by atoms with Gasteiger partial charge in [0.15, 0.2) is 5.11 Å². The number of hydrogen-bond acceptors (Lipinski definition) is 2. The van der Waals surface area contributed by atoms with E-state index in [-0.39, 0.29) is 0 Å². The summed E-state index contributed by atoms with van der Waals surface area (Å²) in [5, 5.41) is 9.66. The first-order chi connectivity index (χ1) is 7.66. The van der Waals surface area contributed by atoms with Gasteiger partial charge in [-0.3, -0.25) is 0 Å². The maximum Gasteiger partial charge on any atom is 0.167 e. The third-order valence-electron chi connectivity index (χ3n) is 2.72. The summed E-state index contributed by atoms with van der Waals surface area (Å²) in [6.07, 6.45) is 2.51. The molecule has 0 aromatic carbocycles. The van der Waals surface area contributed by atoms with E-state index < -0.39 is 0 Å². The quantitative estimate of drug-likeness (QED) is 0.808. The van der Waals surface area contributed by atoms with Gasteiger partial charge < -0.3 is 10.6 Å². The minimum absolute atomic E-state index is 0.332. The first kappa shape index (κ1) is 11.9. The predicted octanol–water partition coefficient (Wildman–Crippen LogP) is 3.07. The van der Waals surface area contributed by atoms with Gasteiger partial charge in [0.1, 0.15) is 0 Å². The van der Waals surface area contributed by atoms with Gasteiger partial charge in [-0.2, -0.15) is 0 Å². The zero-order valence-electron chi connectivity index (χ0n) is 9.69. The molecule has 1 fully saturated rings. The molecule has 0 aliphatic heterocycles. The molecule has 1 saturated carbocycles. The summed E-state index contributed by atoms with van der Waals surface area (Å²) in [4.78, 5) is 1.36. The molecule has 1 heterocycles. The van der Waals surface area contributed by atoms with Crippen LogP contribution in [0.3, 0.4) is 0 Å². The van der Waals surface area contributed by atoms with Gasteiger partial charge in [0.25, 0.3) is 0 Å². The Morgan fingerprint density at radius 2 is 2.25 bits per heavy atom. The van der Waals surface area contributed by atoms with Gasteiger partial charge in [0.2, 0.25) is 0 Å². The molecule has 1 aliphatic carbocycles. The first-order valence-corrected chi connectivity index (χ1v) is 7.06. The lowest BCUT2D eigenvalue weighted by atomic mass is 10.0. The molecule has 0 bridgehead atoms. The molecular weight excluding hydrogens is 236 g/mol. The topological polar surface area (TPSA) is 24.1 Å². The zero-order chi connectivity index (χ0) is 11.5. The second-order valence-electron chi connectivity index (χ2n) is 4.63. The fourth-order valence-electron chi connectivity index (χ4n) is 1.63. The molecule has 2 N–H and O–H groups in total. The van der Waals surface area contributed by atoms with Crippen LogP contribution >= 0.6 is 23.6 Å². The smallest absolute Gasteiger partial charge is 0.167 e. The van der Waals surface area contributed by atoms with Crippen molar-refractivity contribution in [1.82, 2.24) is 10.6 Å². The van der Waals surface area contributed by atoms with Crippen LogP contribution in [0.5, 0.6) is 0 Å². The van der Waals surface area contributed by atoms with Crippen molar-refractivity contribution in [1.29, 1.82) is 0 Å². The predicted molar refractivity (Wildman–Crippen MR) is 73.8 cm³/mol. The van der Waals surface area contributed by atoms with E-state index in [0.29, 0.717) is 18.0 Å². The molecular formula is C12H18N2S2. The van der Waals surface area contributed by atoms with Crippen LogP contribution in [0.4, 0.5) is 0 Å². The van der Waals surface area contributed by atoms with Gasteiger partial charge in [-0.05, 0) is 42.4 Å². The van der Waals surface area contributed by atoms with Crippen molar-refractivity contribution in [2.75, 3.05) is 0 Å². The summed E-state index contributed by atoms with van der Waals surface area (Å²) in [6, 6.07) is 5.21. The Morgan fingerprint density at radius 1 is 1.50 bits per heavy atom. The second-order valence-corrected chi connectivity index (χ2v) is 6.02. The molecule has 1 aromatic heterocycles. The van der Waals surface area contributed by atoms with Gasteiger partial charge in [0.05, 0.1) is 6.04 Å². The molecule has 0 amide bonds. The van der Waals surface area contributed by atoms with Crippen LogP contribution in [0.1, 0.15) is 37.6 Å². The van der Waals surface area contributed by atoms with Crippen molar-refractivity contribution in [3.8, 4) is 0 Å². The van der Waals surface area contributed by atoms with Crippen molar-refractivity contribution in [3.05, 3.63) is 22.4 Å². The van der Waals surface area contributed by atoms with Crippen molar-refractivity contribution < 1.29 is 0 Å². The van der Waals surface area contributed by atoms with Crippen molar-refractivity contribution in [2.45, 2.75) is 38.8 Å². The third-order valence-corrected chi connectivity index (χ3v) is 3.91. The lowest BCUT2D eigenvalue weighted by molar-refractivity contribution is 0.475. The highest BCUT2D eigenvalue weighted by atomic mass is 32.1. The fourth-order valence-corrected chi connectivity index (χ4v) is 2.87. The lowest BCUT2D eigenvalue weighted by Gasteiger charge is -2.23. The zero-order valence-corrected chi connectivity index (χ0v) is 11.3. The van der Waals surface area contributed by atoms with Crippen LogP contribution in [-0.2, 0) is 0 Å². The SMILES string of the molecule is CC(C)C(NC(=S)NC1CC1)c1cccs1.